The zero-order chi connectivity index (χ0) is 19.0. The molecule has 0 spiro atoms. The summed E-state index contributed by atoms with van der Waals surface area (Å²) in [6.07, 6.45) is 0. The number of benzene rings is 2. The van der Waals surface area contributed by atoms with Gasteiger partial charge >= 0.3 is 0 Å². The third kappa shape index (κ3) is 3.25. The van der Waals surface area contributed by atoms with Crippen LogP contribution in [0.2, 0.25) is 0 Å². The molecular weight excluding hydrogens is 406 g/mol. The summed E-state index contributed by atoms with van der Waals surface area (Å²) in [5.74, 6) is 0.804. The first-order valence-electron chi connectivity index (χ1n) is 8.88. The second-order valence-corrected chi connectivity index (χ2v) is 7.28. The second kappa shape index (κ2) is 7.19. The van der Waals surface area contributed by atoms with Gasteiger partial charge in [-0.15, -0.1) is 0 Å². The van der Waals surface area contributed by atoms with Crippen molar-refractivity contribution < 1.29 is 9.26 Å². The molecule has 0 fully saturated rings. The summed E-state index contributed by atoms with van der Waals surface area (Å²) < 4.78 is 14.2. The molecule has 0 aliphatic heterocycles. The Kier molecular flexibility index (Phi) is 4.74. The van der Waals surface area contributed by atoms with Crippen LogP contribution in [-0.4, -0.2) is 21.3 Å². The Hall–Kier alpha value is -2.60. The van der Waals surface area contributed by atoms with Gasteiger partial charge in [0.05, 0.1) is 24.4 Å². The molecule has 0 unspecified atom stereocenters. The summed E-state index contributed by atoms with van der Waals surface area (Å²) >= 11 is 3.68. The Bertz CT molecular complexity index is 1080. The number of hydrogen-bond donors (Lipinski definition) is 0. The summed E-state index contributed by atoms with van der Waals surface area (Å²) in [6, 6.07) is 15.1. The number of aryl methyl sites for hydroxylation is 2. The molecule has 0 bridgehead atoms. The Balaban J connectivity index is 1.92. The average molecular weight is 426 g/mol. The normalized spacial score (nSPS) is 11.3. The molecule has 0 aliphatic rings. The molecule has 0 aliphatic carbocycles. The monoisotopic (exact) mass is 425 g/mol. The fraction of sp³-hybridized carbons (Fsp3) is 0.238. The van der Waals surface area contributed by atoms with Gasteiger partial charge in [-0.1, -0.05) is 35.5 Å². The first-order valence-corrected chi connectivity index (χ1v) is 9.67. The number of nitrogens with zero attached hydrogens (tertiary/aromatic N) is 3. The molecule has 6 heteroatoms. The molecule has 27 heavy (non-hydrogen) atoms. The standard InChI is InChI=1S/C21H20BrN3O2/c1-4-26-21-23-20-17(22)10-16(19-13(2)24-27-14(19)3)11-18(20)25(21)12-15-8-6-5-7-9-15/h5-11H,4,12H2,1-3H3. The van der Waals surface area contributed by atoms with Crippen molar-refractivity contribution in [2.75, 3.05) is 6.61 Å². The molecule has 138 valence electrons. The van der Waals surface area contributed by atoms with Gasteiger partial charge in [-0.3, -0.25) is 4.57 Å². The van der Waals surface area contributed by atoms with Crippen LogP contribution in [0.1, 0.15) is 23.9 Å². The van der Waals surface area contributed by atoms with Gasteiger partial charge in [0.15, 0.2) is 0 Å². The Morgan fingerprint density at radius 2 is 1.93 bits per heavy atom. The van der Waals surface area contributed by atoms with E-state index in [4.69, 9.17) is 14.2 Å². The van der Waals surface area contributed by atoms with E-state index in [0.29, 0.717) is 19.2 Å². The van der Waals surface area contributed by atoms with E-state index >= 15 is 0 Å². The van der Waals surface area contributed by atoms with E-state index in [9.17, 15) is 0 Å². The molecule has 0 amide bonds. The summed E-state index contributed by atoms with van der Waals surface area (Å²) in [5.41, 5.74) is 6.01. The number of imidazole rings is 1. The summed E-state index contributed by atoms with van der Waals surface area (Å²) in [5, 5.41) is 4.09. The van der Waals surface area contributed by atoms with Crippen LogP contribution >= 0.6 is 15.9 Å². The van der Waals surface area contributed by atoms with E-state index in [2.05, 4.69) is 49.9 Å². The summed E-state index contributed by atoms with van der Waals surface area (Å²) in [6.45, 7) is 7.10. The predicted octanol–water partition coefficient (Wildman–Crippen LogP) is 5.52. The molecule has 0 radical (unpaired) electrons. The minimum atomic E-state index is 0.562. The predicted molar refractivity (Wildman–Crippen MR) is 109 cm³/mol. The topological polar surface area (TPSA) is 53.1 Å². The number of hydrogen-bond acceptors (Lipinski definition) is 4. The SMILES string of the molecule is CCOc1nc2c(Br)cc(-c3c(C)noc3C)cc2n1Cc1ccccc1. The largest absolute Gasteiger partial charge is 0.465 e. The molecule has 0 saturated carbocycles. The number of aromatic nitrogens is 3. The van der Waals surface area contributed by atoms with Gasteiger partial charge in [0.25, 0.3) is 6.01 Å². The minimum Gasteiger partial charge on any atom is -0.465 e. The van der Waals surface area contributed by atoms with Crippen molar-refractivity contribution in [2.24, 2.45) is 0 Å². The van der Waals surface area contributed by atoms with Gasteiger partial charge in [0.1, 0.15) is 11.3 Å². The molecule has 2 aromatic carbocycles. The van der Waals surface area contributed by atoms with E-state index in [1.54, 1.807) is 0 Å². The average Bonchev–Trinajstić information content (AvgIpc) is 3.17. The van der Waals surface area contributed by atoms with Gasteiger partial charge < -0.3 is 9.26 Å². The summed E-state index contributed by atoms with van der Waals surface area (Å²) in [4.78, 5) is 4.72. The first-order chi connectivity index (χ1) is 13.1. The molecule has 2 aromatic heterocycles. The van der Waals surface area contributed by atoms with Crippen molar-refractivity contribution in [3.63, 3.8) is 0 Å². The van der Waals surface area contributed by atoms with Crippen LogP contribution < -0.4 is 4.74 Å². The second-order valence-electron chi connectivity index (χ2n) is 6.42. The van der Waals surface area contributed by atoms with Crippen molar-refractivity contribution in [3.05, 3.63) is 64.0 Å². The van der Waals surface area contributed by atoms with Crippen LogP contribution in [0, 0.1) is 13.8 Å². The first kappa shape index (κ1) is 17.8. The quantitative estimate of drug-likeness (QED) is 0.422. The number of fused-ring (bicyclic) bond motifs is 1. The molecule has 0 saturated heterocycles. The third-order valence-corrected chi connectivity index (χ3v) is 5.16. The third-order valence-electron chi connectivity index (χ3n) is 4.55. The lowest BCUT2D eigenvalue weighted by Gasteiger charge is -2.10. The van der Waals surface area contributed by atoms with Crippen LogP contribution in [0.4, 0.5) is 0 Å². The number of ether oxygens (including phenoxy) is 1. The zero-order valence-electron chi connectivity index (χ0n) is 15.5. The van der Waals surface area contributed by atoms with E-state index in [1.165, 1.54) is 5.56 Å². The van der Waals surface area contributed by atoms with Crippen molar-refractivity contribution in [3.8, 4) is 17.1 Å². The Morgan fingerprint density at radius 1 is 1.15 bits per heavy atom. The highest BCUT2D eigenvalue weighted by atomic mass is 79.9. The lowest BCUT2D eigenvalue weighted by molar-refractivity contribution is 0.301. The number of halogens is 1. The van der Waals surface area contributed by atoms with Gasteiger partial charge in [-0.25, -0.2) is 0 Å². The highest BCUT2D eigenvalue weighted by molar-refractivity contribution is 9.10. The Labute approximate surface area is 166 Å². The van der Waals surface area contributed by atoms with E-state index in [0.717, 1.165) is 38.1 Å². The van der Waals surface area contributed by atoms with Gasteiger partial charge in [-0.2, -0.15) is 4.98 Å². The van der Waals surface area contributed by atoms with Gasteiger partial charge in [0.2, 0.25) is 0 Å². The van der Waals surface area contributed by atoms with Crippen LogP contribution in [0.3, 0.4) is 0 Å². The molecule has 5 nitrogen and oxygen atoms in total. The van der Waals surface area contributed by atoms with Crippen molar-refractivity contribution in [1.29, 1.82) is 0 Å². The van der Waals surface area contributed by atoms with Crippen LogP contribution in [0.15, 0.2) is 51.5 Å². The maximum atomic E-state index is 5.83. The lowest BCUT2D eigenvalue weighted by Crippen LogP contribution is -2.05. The lowest BCUT2D eigenvalue weighted by atomic mass is 10.0. The van der Waals surface area contributed by atoms with E-state index in [-0.39, 0.29) is 0 Å². The smallest absolute Gasteiger partial charge is 0.297 e. The van der Waals surface area contributed by atoms with Crippen molar-refractivity contribution in [2.45, 2.75) is 27.3 Å². The molecular formula is C21H20BrN3O2. The van der Waals surface area contributed by atoms with Gasteiger partial charge in [-0.05, 0) is 60.0 Å². The van der Waals surface area contributed by atoms with Crippen molar-refractivity contribution >= 4 is 27.0 Å². The van der Waals surface area contributed by atoms with E-state index < -0.39 is 0 Å². The van der Waals surface area contributed by atoms with Crippen LogP contribution in [-0.2, 0) is 6.54 Å². The maximum Gasteiger partial charge on any atom is 0.297 e. The van der Waals surface area contributed by atoms with Crippen molar-refractivity contribution in [1.82, 2.24) is 14.7 Å². The molecule has 0 N–H and O–H groups in total. The summed E-state index contributed by atoms with van der Waals surface area (Å²) in [7, 11) is 0. The highest BCUT2D eigenvalue weighted by Gasteiger charge is 2.19. The minimum absolute atomic E-state index is 0.562. The van der Waals surface area contributed by atoms with E-state index in [1.807, 2.05) is 39.0 Å². The number of rotatable bonds is 5. The van der Waals surface area contributed by atoms with Crippen LogP contribution in [0.5, 0.6) is 6.01 Å². The van der Waals surface area contributed by atoms with Gasteiger partial charge in [0, 0.05) is 10.0 Å². The van der Waals surface area contributed by atoms with Crippen LogP contribution in [0.25, 0.3) is 22.2 Å². The maximum absolute atomic E-state index is 5.83. The fourth-order valence-corrected chi connectivity index (χ4v) is 3.90. The molecule has 2 heterocycles. The molecule has 0 atom stereocenters. The molecule has 4 rings (SSSR count). The zero-order valence-corrected chi connectivity index (χ0v) is 17.1. The highest BCUT2D eigenvalue weighted by Crippen LogP contribution is 2.36. The Morgan fingerprint density at radius 3 is 2.59 bits per heavy atom. The molecule has 4 aromatic rings. The fourth-order valence-electron chi connectivity index (χ4n) is 3.36.